The first-order chi connectivity index (χ1) is 5.38. The number of benzene rings is 1. The topological polar surface area (TPSA) is 29.5 Å². The van der Waals surface area contributed by atoms with Crippen LogP contribution in [0.3, 0.4) is 0 Å². The summed E-state index contributed by atoms with van der Waals surface area (Å²) in [5, 5.41) is 8.48. The molecule has 2 nitrogen and oxygen atoms in total. The molecule has 0 aliphatic rings. The van der Waals surface area contributed by atoms with Gasteiger partial charge in [-0.2, -0.15) is 0 Å². The van der Waals surface area contributed by atoms with Crippen molar-refractivity contribution in [3.63, 3.8) is 0 Å². The lowest BCUT2D eigenvalue weighted by atomic mass is 10.1. The average molecular weight is 152 g/mol. The summed E-state index contributed by atoms with van der Waals surface area (Å²) in [7, 11) is 0. The first kappa shape index (κ1) is 8.24. The third kappa shape index (κ3) is 2.03. The summed E-state index contributed by atoms with van der Waals surface area (Å²) in [6, 6.07) is 9.66. The second-order valence-electron chi connectivity index (χ2n) is 2.41. The fourth-order valence-electron chi connectivity index (χ4n) is 1.04. The fraction of sp³-hybridized carbons (Fsp3) is 0.333. The van der Waals surface area contributed by atoms with Crippen molar-refractivity contribution in [2.24, 2.45) is 0 Å². The Morgan fingerprint density at radius 2 is 2.00 bits per heavy atom. The maximum atomic E-state index is 8.48. The van der Waals surface area contributed by atoms with Crippen molar-refractivity contribution >= 4 is 0 Å². The molecule has 0 saturated heterocycles. The van der Waals surface area contributed by atoms with Gasteiger partial charge in [-0.3, -0.25) is 5.26 Å². The van der Waals surface area contributed by atoms with Crippen molar-refractivity contribution < 1.29 is 10.1 Å². The maximum Gasteiger partial charge on any atom is 0.117 e. The maximum absolute atomic E-state index is 8.48. The Bertz CT molecular complexity index is 192. The van der Waals surface area contributed by atoms with Gasteiger partial charge in [0.25, 0.3) is 0 Å². The first-order valence-corrected chi connectivity index (χ1v) is 3.73. The molecule has 0 bridgehead atoms. The Labute approximate surface area is 66.4 Å². The van der Waals surface area contributed by atoms with Crippen LogP contribution in [0.5, 0.6) is 0 Å². The monoisotopic (exact) mass is 152 g/mol. The average Bonchev–Trinajstić information content (AvgIpc) is 2.09. The van der Waals surface area contributed by atoms with Gasteiger partial charge in [-0.15, -0.1) is 0 Å². The summed E-state index contributed by atoms with van der Waals surface area (Å²) >= 11 is 0. The highest BCUT2D eigenvalue weighted by Gasteiger charge is 2.06. The van der Waals surface area contributed by atoms with Crippen molar-refractivity contribution in [3.05, 3.63) is 35.9 Å². The zero-order valence-corrected chi connectivity index (χ0v) is 6.53. The van der Waals surface area contributed by atoms with E-state index in [9.17, 15) is 0 Å². The van der Waals surface area contributed by atoms with Crippen LogP contribution in [0.15, 0.2) is 30.3 Å². The first-order valence-electron chi connectivity index (χ1n) is 3.73. The molecule has 0 heterocycles. The molecular formula is C9H12O2. The van der Waals surface area contributed by atoms with E-state index in [1.54, 1.807) is 0 Å². The van der Waals surface area contributed by atoms with Crippen LogP contribution in [0, 0.1) is 0 Å². The highest BCUT2D eigenvalue weighted by atomic mass is 17.1. The van der Waals surface area contributed by atoms with Gasteiger partial charge in [0.15, 0.2) is 0 Å². The molecular weight excluding hydrogens is 140 g/mol. The SMILES string of the molecule is CCC(OO)c1ccccc1. The molecule has 0 fully saturated rings. The van der Waals surface area contributed by atoms with E-state index in [4.69, 9.17) is 5.26 Å². The summed E-state index contributed by atoms with van der Waals surface area (Å²) in [5.41, 5.74) is 1.01. The van der Waals surface area contributed by atoms with E-state index in [0.29, 0.717) is 0 Å². The highest BCUT2D eigenvalue weighted by molar-refractivity contribution is 5.17. The Morgan fingerprint density at radius 1 is 1.36 bits per heavy atom. The molecule has 1 unspecified atom stereocenters. The van der Waals surface area contributed by atoms with Gasteiger partial charge in [-0.05, 0) is 12.0 Å². The Kier molecular flexibility index (Phi) is 3.08. The minimum absolute atomic E-state index is 0.184. The molecule has 0 aliphatic carbocycles. The van der Waals surface area contributed by atoms with Gasteiger partial charge in [-0.1, -0.05) is 37.3 Å². The standard InChI is InChI=1S/C9H12O2/c1-2-9(11-10)8-6-4-3-5-7-8/h3-7,9-10H,2H2,1H3. The minimum atomic E-state index is -0.184. The number of rotatable bonds is 3. The number of hydrogen-bond donors (Lipinski definition) is 1. The molecule has 60 valence electrons. The van der Waals surface area contributed by atoms with Crippen molar-refractivity contribution in [2.75, 3.05) is 0 Å². The molecule has 1 aromatic carbocycles. The third-order valence-corrected chi connectivity index (χ3v) is 1.67. The zero-order valence-electron chi connectivity index (χ0n) is 6.53. The van der Waals surface area contributed by atoms with E-state index in [0.717, 1.165) is 12.0 Å². The van der Waals surface area contributed by atoms with Crippen molar-refractivity contribution in [3.8, 4) is 0 Å². The molecule has 1 N–H and O–H groups in total. The van der Waals surface area contributed by atoms with E-state index in [2.05, 4.69) is 4.89 Å². The van der Waals surface area contributed by atoms with Crippen LogP contribution < -0.4 is 0 Å². The van der Waals surface area contributed by atoms with Crippen LogP contribution in [0.2, 0.25) is 0 Å². The van der Waals surface area contributed by atoms with E-state index in [1.807, 2.05) is 37.3 Å². The van der Waals surface area contributed by atoms with Gasteiger partial charge in [0, 0.05) is 0 Å². The molecule has 0 aliphatic heterocycles. The van der Waals surface area contributed by atoms with Gasteiger partial charge in [0.2, 0.25) is 0 Å². The van der Waals surface area contributed by atoms with E-state index < -0.39 is 0 Å². The lowest BCUT2D eigenvalue weighted by Gasteiger charge is -2.09. The van der Waals surface area contributed by atoms with Gasteiger partial charge in [0.05, 0.1) is 0 Å². The summed E-state index contributed by atoms with van der Waals surface area (Å²) in [6.07, 6.45) is 0.594. The summed E-state index contributed by atoms with van der Waals surface area (Å²) in [4.78, 5) is 4.29. The largest absolute Gasteiger partial charge is 0.251 e. The summed E-state index contributed by atoms with van der Waals surface area (Å²) in [6.45, 7) is 1.97. The minimum Gasteiger partial charge on any atom is -0.251 e. The van der Waals surface area contributed by atoms with Crippen LogP contribution in [0.4, 0.5) is 0 Å². The van der Waals surface area contributed by atoms with Gasteiger partial charge >= 0.3 is 0 Å². The normalized spacial score (nSPS) is 12.9. The van der Waals surface area contributed by atoms with Gasteiger partial charge in [-0.25, -0.2) is 4.89 Å². The molecule has 0 saturated carbocycles. The lowest BCUT2D eigenvalue weighted by molar-refractivity contribution is -0.282. The molecule has 1 aromatic rings. The quantitative estimate of drug-likeness (QED) is 0.533. The van der Waals surface area contributed by atoms with E-state index >= 15 is 0 Å². The fourth-order valence-corrected chi connectivity index (χ4v) is 1.04. The molecule has 2 heteroatoms. The predicted molar refractivity (Wildman–Crippen MR) is 43.2 cm³/mol. The van der Waals surface area contributed by atoms with Crippen molar-refractivity contribution in [1.29, 1.82) is 0 Å². The second-order valence-corrected chi connectivity index (χ2v) is 2.41. The van der Waals surface area contributed by atoms with Crippen LogP contribution in [0.1, 0.15) is 25.0 Å². The molecule has 0 amide bonds. The van der Waals surface area contributed by atoms with Crippen LogP contribution in [-0.4, -0.2) is 5.26 Å². The van der Waals surface area contributed by atoms with Crippen LogP contribution in [0.25, 0.3) is 0 Å². The highest BCUT2D eigenvalue weighted by Crippen LogP contribution is 2.18. The Balaban J connectivity index is 2.74. The molecule has 0 radical (unpaired) electrons. The molecule has 11 heavy (non-hydrogen) atoms. The van der Waals surface area contributed by atoms with E-state index in [1.165, 1.54) is 0 Å². The predicted octanol–water partition coefficient (Wildman–Crippen LogP) is 2.63. The summed E-state index contributed by atoms with van der Waals surface area (Å²) < 4.78 is 0. The molecule has 0 aromatic heterocycles. The van der Waals surface area contributed by atoms with Crippen molar-refractivity contribution in [2.45, 2.75) is 19.4 Å². The van der Waals surface area contributed by atoms with Crippen LogP contribution in [-0.2, 0) is 4.89 Å². The molecule has 0 spiro atoms. The Morgan fingerprint density at radius 3 is 2.45 bits per heavy atom. The lowest BCUT2D eigenvalue weighted by Crippen LogP contribution is -1.98. The van der Waals surface area contributed by atoms with Crippen molar-refractivity contribution in [1.82, 2.24) is 0 Å². The van der Waals surface area contributed by atoms with E-state index in [-0.39, 0.29) is 6.10 Å². The van der Waals surface area contributed by atoms with Gasteiger partial charge < -0.3 is 0 Å². The van der Waals surface area contributed by atoms with Crippen LogP contribution >= 0.6 is 0 Å². The third-order valence-electron chi connectivity index (χ3n) is 1.67. The smallest absolute Gasteiger partial charge is 0.117 e. The van der Waals surface area contributed by atoms with Gasteiger partial charge in [0.1, 0.15) is 6.10 Å². The molecule has 1 atom stereocenters. The second kappa shape index (κ2) is 4.11. The zero-order chi connectivity index (χ0) is 8.10. The summed E-state index contributed by atoms with van der Waals surface area (Å²) in [5.74, 6) is 0. The molecule has 1 rings (SSSR count). The number of hydrogen-bond acceptors (Lipinski definition) is 2. The Hall–Kier alpha value is -0.860.